The summed E-state index contributed by atoms with van der Waals surface area (Å²) in [5.41, 5.74) is 1.08. The van der Waals surface area contributed by atoms with Crippen molar-refractivity contribution in [1.29, 1.82) is 0 Å². The molecule has 0 amide bonds. The molecule has 0 saturated carbocycles. The van der Waals surface area contributed by atoms with Crippen molar-refractivity contribution in [2.75, 3.05) is 6.54 Å². The van der Waals surface area contributed by atoms with E-state index >= 15 is 0 Å². The first-order chi connectivity index (χ1) is 11.5. The Balaban J connectivity index is 1.77. The molecule has 0 saturated heterocycles. The van der Waals surface area contributed by atoms with Crippen LogP contribution in [0.25, 0.3) is 0 Å². The molecule has 0 fully saturated rings. The first kappa shape index (κ1) is 17.0. The summed E-state index contributed by atoms with van der Waals surface area (Å²) in [4.78, 5) is 0.0211. The molecule has 5 nitrogen and oxygen atoms in total. The maximum atomic E-state index is 12.3. The number of halogens is 2. The highest BCUT2D eigenvalue weighted by atomic mass is 35.5. The third kappa shape index (κ3) is 3.77. The maximum absolute atomic E-state index is 12.3. The second-order valence-electron chi connectivity index (χ2n) is 5.15. The van der Waals surface area contributed by atoms with Crippen molar-refractivity contribution in [3.05, 3.63) is 65.2 Å². The van der Waals surface area contributed by atoms with Gasteiger partial charge in [0.2, 0.25) is 5.29 Å². The van der Waals surface area contributed by atoms with Crippen LogP contribution in [-0.2, 0) is 10.0 Å². The van der Waals surface area contributed by atoms with E-state index in [1.807, 2.05) is 30.3 Å². The second-order valence-corrected chi connectivity index (χ2v) is 7.53. The van der Waals surface area contributed by atoms with Crippen molar-refractivity contribution in [2.45, 2.75) is 10.8 Å². The molecule has 1 heterocycles. The number of hydrogen-bond acceptors (Lipinski definition) is 3. The van der Waals surface area contributed by atoms with Gasteiger partial charge in [-0.05, 0) is 41.4 Å². The highest BCUT2D eigenvalue weighted by Gasteiger charge is 2.24. The van der Waals surface area contributed by atoms with Crippen LogP contribution in [0.1, 0.15) is 11.5 Å². The Bertz CT molecular complexity index is 881. The molecule has 8 heteroatoms. The fourth-order valence-corrected chi connectivity index (χ4v) is 3.65. The minimum absolute atomic E-state index is 0.0211. The summed E-state index contributed by atoms with van der Waals surface area (Å²) in [7, 11) is -3.91. The first-order valence-corrected chi connectivity index (χ1v) is 9.28. The minimum Gasteiger partial charge on any atom is -0.237 e. The molecule has 0 radical (unpaired) electrons. The molecule has 0 N–H and O–H groups in total. The predicted molar refractivity (Wildman–Crippen MR) is 96.3 cm³/mol. The van der Waals surface area contributed by atoms with Crippen molar-refractivity contribution in [1.82, 2.24) is 5.01 Å². The summed E-state index contributed by atoms with van der Waals surface area (Å²) < 4.78 is 28.2. The van der Waals surface area contributed by atoms with Crippen molar-refractivity contribution >= 4 is 44.7 Å². The monoisotopic (exact) mass is 381 g/mol. The molecule has 1 unspecified atom stereocenters. The highest BCUT2D eigenvalue weighted by molar-refractivity contribution is 7.90. The van der Waals surface area contributed by atoms with Crippen LogP contribution in [0, 0.1) is 0 Å². The molecule has 1 aliphatic heterocycles. The molecule has 0 bridgehead atoms. The van der Waals surface area contributed by atoms with E-state index in [0.29, 0.717) is 11.6 Å². The minimum atomic E-state index is -3.91. The first-order valence-electron chi connectivity index (χ1n) is 7.08. The average molecular weight is 382 g/mol. The lowest BCUT2D eigenvalue weighted by atomic mass is 10.0. The van der Waals surface area contributed by atoms with Crippen LogP contribution in [0.2, 0.25) is 5.02 Å². The van der Waals surface area contributed by atoms with Gasteiger partial charge in [0.1, 0.15) is 0 Å². The number of hydrogen-bond donors (Lipinski definition) is 0. The maximum Gasteiger partial charge on any atom is 0.285 e. The number of amidine groups is 1. The van der Waals surface area contributed by atoms with Gasteiger partial charge in [0.05, 0.1) is 11.4 Å². The number of sulfonamides is 1. The van der Waals surface area contributed by atoms with Crippen LogP contribution in [0.15, 0.2) is 69.0 Å². The number of hydrazone groups is 1. The van der Waals surface area contributed by atoms with Crippen LogP contribution in [0.4, 0.5) is 0 Å². The molecule has 124 valence electrons. The fourth-order valence-electron chi connectivity index (χ4n) is 2.26. The van der Waals surface area contributed by atoms with Crippen molar-refractivity contribution < 1.29 is 8.42 Å². The zero-order valence-corrected chi connectivity index (χ0v) is 14.7. The summed E-state index contributed by atoms with van der Waals surface area (Å²) in [5.74, 6) is 0.0355. The molecule has 0 spiro atoms. The van der Waals surface area contributed by atoms with Gasteiger partial charge >= 0.3 is 0 Å². The van der Waals surface area contributed by atoms with Crippen molar-refractivity contribution in [2.24, 2.45) is 9.50 Å². The lowest BCUT2D eigenvalue weighted by molar-refractivity contribution is 0.483. The van der Waals surface area contributed by atoms with E-state index in [4.69, 9.17) is 23.2 Å². The topological polar surface area (TPSA) is 62.1 Å². The zero-order valence-electron chi connectivity index (χ0n) is 12.4. The highest BCUT2D eigenvalue weighted by Crippen LogP contribution is 2.23. The van der Waals surface area contributed by atoms with Crippen LogP contribution in [0.3, 0.4) is 0 Å². The van der Waals surface area contributed by atoms with E-state index in [2.05, 4.69) is 9.50 Å². The van der Waals surface area contributed by atoms with Gasteiger partial charge in [-0.15, -0.1) is 4.40 Å². The van der Waals surface area contributed by atoms with E-state index in [1.54, 1.807) is 6.21 Å². The average Bonchev–Trinajstić information content (AvgIpc) is 3.06. The van der Waals surface area contributed by atoms with Crippen molar-refractivity contribution in [3.63, 3.8) is 0 Å². The normalized spacial score (nSPS) is 18.2. The molecule has 3 rings (SSSR count). The lowest BCUT2D eigenvalue weighted by Gasteiger charge is -2.13. The van der Waals surface area contributed by atoms with Crippen molar-refractivity contribution in [3.8, 4) is 0 Å². The van der Waals surface area contributed by atoms with Gasteiger partial charge in [-0.1, -0.05) is 41.9 Å². The Kier molecular flexibility index (Phi) is 4.89. The van der Waals surface area contributed by atoms with E-state index in [9.17, 15) is 8.42 Å². The molecule has 0 aliphatic carbocycles. The summed E-state index contributed by atoms with van der Waals surface area (Å²) in [6, 6.07) is 15.5. The quantitative estimate of drug-likeness (QED) is 0.462. The SMILES string of the molecule is O=S(=O)(N=C(Cl)N1CC(c2ccccc2)C=N1)c1ccc(Cl)cc1. The third-order valence-corrected chi connectivity index (χ3v) is 5.42. The fraction of sp³-hybridized carbons (Fsp3) is 0.125. The molecular formula is C16H13Cl2N3O2S. The van der Waals surface area contributed by atoms with Gasteiger partial charge in [-0.3, -0.25) is 0 Å². The van der Waals surface area contributed by atoms with Gasteiger partial charge in [0.25, 0.3) is 10.0 Å². The number of nitrogens with zero attached hydrogens (tertiary/aromatic N) is 3. The van der Waals surface area contributed by atoms with Crippen LogP contribution in [-0.4, -0.2) is 31.5 Å². The van der Waals surface area contributed by atoms with E-state index in [0.717, 1.165) is 5.56 Å². The Hall–Kier alpha value is -1.89. The molecular weight excluding hydrogens is 369 g/mol. The van der Waals surface area contributed by atoms with E-state index in [-0.39, 0.29) is 16.1 Å². The molecule has 2 aromatic carbocycles. The standard InChI is InChI=1S/C16H13Cl2N3O2S/c17-14-6-8-15(9-7-14)24(22,23)20-16(18)21-11-13(10-19-21)12-4-2-1-3-5-12/h1-10,13H,11H2. The number of rotatable bonds is 3. The van der Waals surface area contributed by atoms with Crippen LogP contribution < -0.4 is 0 Å². The predicted octanol–water partition coefficient (Wildman–Crippen LogP) is 3.71. The van der Waals surface area contributed by atoms with Gasteiger partial charge in [0, 0.05) is 17.2 Å². The summed E-state index contributed by atoms with van der Waals surface area (Å²) in [6.45, 7) is 0.433. The third-order valence-electron chi connectivity index (χ3n) is 3.50. The number of benzene rings is 2. The zero-order chi connectivity index (χ0) is 17.2. The van der Waals surface area contributed by atoms with Gasteiger partial charge in [-0.2, -0.15) is 13.5 Å². The lowest BCUT2D eigenvalue weighted by Crippen LogP contribution is -2.22. The molecule has 0 aromatic heterocycles. The Morgan fingerprint density at radius 1 is 1.12 bits per heavy atom. The Morgan fingerprint density at radius 2 is 1.79 bits per heavy atom. The molecule has 1 aliphatic rings. The summed E-state index contributed by atoms with van der Waals surface area (Å²) in [5, 5.41) is 5.76. The smallest absolute Gasteiger partial charge is 0.237 e. The summed E-state index contributed by atoms with van der Waals surface area (Å²) >= 11 is 11.8. The molecule has 24 heavy (non-hydrogen) atoms. The largest absolute Gasteiger partial charge is 0.285 e. The van der Waals surface area contributed by atoms with Gasteiger partial charge in [0.15, 0.2) is 0 Å². The van der Waals surface area contributed by atoms with Crippen LogP contribution in [0.5, 0.6) is 0 Å². The Morgan fingerprint density at radius 3 is 2.46 bits per heavy atom. The summed E-state index contributed by atoms with van der Waals surface area (Å²) in [6.07, 6.45) is 1.72. The van der Waals surface area contributed by atoms with Gasteiger partial charge in [-0.25, -0.2) is 5.01 Å². The van der Waals surface area contributed by atoms with E-state index in [1.165, 1.54) is 29.3 Å². The molecule has 2 aromatic rings. The second kappa shape index (κ2) is 6.93. The Labute approximate surface area is 150 Å². The van der Waals surface area contributed by atoms with E-state index < -0.39 is 10.0 Å². The molecule has 1 atom stereocenters. The van der Waals surface area contributed by atoms with Gasteiger partial charge < -0.3 is 0 Å². The van der Waals surface area contributed by atoms with Crippen LogP contribution >= 0.6 is 23.2 Å².